The maximum absolute atomic E-state index is 14.0. The lowest BCUT2D eigenvalue weighted by Crippen LogP contribution is -2.48. The van der Waals surface area contributed by atoms with E-state index in [2.05, 4.69) is 101 Å². The van der Waals surface area contributed by atoms with E-state index in [1.165, 1.54) is 37.0 Å². The van der Waals surface area contributed by atoms with Gasteiger partial charge in [0.1, 0.15) is 38.7 Å². The Hall–Kier alpha value is -6.25. The van der Waals surface area contributed by atoms with Crippen LogP contribution in [-0.4, -0.2) is 36.8 Å². The predicted octanol–water partition coefficient (Wildman–Crippen LogP) is 14.5. The standard InChI is InChI=1S/C14H14O2.C13H12O.C12H10.C10H13FOSi.C6H4I/c1-15-13-7-3-11(4-8-13)12-5-9-14(16-2)10-6-12;1-14-13-9-7-12(8-10-13)11-5-3-2-4-6-11;1-3-7-11(8-4-1)12-9-5-2-6-10-12;1-12-9-3-5-10(6-4-9)13(11)7-2-8-13;7-6-4-2-1-3-5-6/h3-10H,1-2H3;2-10H,1H3;1-10H;3-6H,2,7-8H2,1H3;2-5H/q;;;;+1. The van der Waals surface area contributed by atoms with E-state index >= 15 is 0 Å². The van der Waals surface area contributed by atoms with Crippen LogP contribution in [-0.2, 0) is 0 Å². The first-order valence-electron chi connectivity index (χ1n) is 20.4. The lowest BCUT2D eigenvalue weighted by Gasteiger charge is -2.31. The number of ether oxygens (including phenoxy) is 4. The van der Waals surface area contributed by atoms with Gasteiger partial charge in [0.25, 0.3) is 8.41 Å². The van der Waals surface area contributed by atoms with Gasteiger partial charge in [0.2, 0.25) is 0 Å². The number of hydrogen-bond donors (Lipinski definition) is 0. The van der Waals surface area contributed by atoms with Crippen LogP contribution in [0.4, 0.5) is 4.11 Å². The molecular weight excluding hydrogens is 899 g/mol. The second-order valence-electron chi connectivity index (χ2n) is 14.0. The molecule has 0 aromatic heterocycles. The second-order valence-corrected chi connectivity index (χ2v) is 18.8. The summed E-state index contributed by atoms with van der Waals surface area (Å²) in [6.45, 7) is 0. The monoisotopic (exact) mass is 951 g/mol. The van der Waals surface area contributed by atoms with Crippen LogP contribution in [0.5, 0.6) is 23.0 Å². The summed E-state index contributed by atoms with van der Waals surface area (Å²) < 4.78 is 35.6. The molecule has 0 spiro atoms. The van der Waals surface area contributed by atoms with Gasteiger partial charge in [-0.2, -0.15) is 0 Å². The van der Waals surface area contributed by atoms with Crippen molar-refractivity contribution in [2.24, 2.45) is 0 Å². The van der Waals surface area contributed by atoms with E-state index in [0.29, 0.717) is 0 Å². The Morgan fingerprint density at radius 3 is 0.968 bits per heavy atom. The molecule has 1 aliphatic heterocycles. The Morgan fingerprint density at radius 2 is 0.742 bits per heavy atom. The Kier molecular flexibility index (Phi) is 19.3. The molecule has 0 bridgehead atoms. The molecule has 0 radical (unpaired) electrons. The van der Waals surface area contributed by atoms with Crippen molar-refractivity contribution in [3.63, 3.8) is 0 Å². The molecule has 1 saturated heterocycles. The van der Waals surface area contributed by atoms with Crippen molar-refractivity contribution < 1.29 is 23.1 Å². The Labute approximate surface area is 382 Å². The Balaban J connectivity index is 0.000000149. The fourth-order valence-corrected chi connectivity index (χ4v) is 8.95. The highest BCUT2D eigenvalue weighted by atomic mass is 127. The summed E-state index contributed by atoms with van der Waals surface area (Å²) in [6.07, 6.45) is 11.8. The first kappa shape index (κ1) is 46.8. The average Bonchev–Trinajstić information content (AvgIpc) is 3.35. The van der Waals surface area contributed by atoms with Gasteiger partial charge >= 0.3 is 0 Å². The third-order valence-corrected chi connectivity index (χ3v) is 14.4. The first-order valence-corrected chi connectivity index (χ1v) is 23.7. The van der Waals surface area contributed by atoms with Crippen molar-refractivity contribution in [1.82, 2.24) is 0 Å². The van der Waals surface area contributed by atoms with Gasteiger partial charge in [-0.05, 0) is 122 Å². The zero-order valence-corrected chi connectivity index (χ0v) is 38.9. The molecule has 0 N–H and O–H groups in total. The molecule has 0 amide bonds. The molecule has 62 heavy (non-hydrogen) atoms. The topological polar surface area (TPSA) is 36.9 Å². The molecule has 2 aliphatic rings. The normalized spacial score (nSPS) is 12.5. The lowest BCUT2D eigenvalue weighted by molar-refractivity contribution is 0.414. The largest absolute Gasteiger partial charge is 0.497 e. The number of benzene rings is 7. The van der Waals surface area contributed by atoms with E-state index in [-0.39, 0.29) is 0 Å². The molecule has 7 aromatic rings. The summed E-state index contributed by atoms with van der Waals surface area (Å²) in [4.78, 5) is 0. The minimum absolute atomic E-state index is 0.805. The number of methoxy groups -OCH3 is 4. The minimum Gasteiger partial charge on any atom is -0.497 e. The summed E-state index contributed by atoms with van der Waals surface area (Å²) in [5.74, 6) is 3.44. The number of halogens is 2. The quantitative estimate of drug-likeness (QED) is 0.0658. The van der Waals surface area contributed by atoms with Crippen LogP contribution >= 0.6 is 22.6 Å². The van der Waals surface area contributed by atoms with Crippen LogP contribution < -0.4 is 24.1 Å². The number of rotatable bonds is 8. The van der Waals surface area contributed by atoms with Gasteiger partial charge in [0, 0.05) is 6.08 Å². The minimum atomic E-state index is -2.46. The van der Waals surface area contributed by atoms with Crippen molar-refractivity contribution in [2.75, 3.05) is 28.4 Å². The van der Waals surface area contributed by atoms with E-state index in [1.54, 1.807) is 28.4 Å². The molecular formula is C55H53FIO4Si+. The maximum Gasteiger partial charge on any atom is 0.277 e. The fourth-order valence-electron chi connectivity index (χ4n) is 6.27. The summed E-state index contributed by atoms with van der Waals surface area (Å²) in [6, 6.07) is 64.2. The van der Waals surface area contributed by atoms with Gasteiger partial charge < -0.3 is 23.1 Å². The number of hydrogen-bond acceptors (Lipinski definition) is 4. The highest BCUT2D eigenvalue weighted by Crippen LogP contribution is 2.33. The fraction of sp³-hybridized carbons (Fsp3) is 0.127. The van der Waals surface area contributed by atoms with Gasteiger partial charge in [-0.3, -0.25) is 0 Å². The smallest absolute Gasteiger partial charge is 0.277 e. The third kappa shape index (κ3) is 15.0. The first-order chi connectivity index (χ1) is 30.3. The molecule has 0 atom stereocenters. The van der Waals surface area contributed by atoms with Crippen LogP contribution in [0.1, 0.15) is 6.42 Å². The SMILES string of the molecule is COc1ccc(-c2ccc(OC)cc2)cc1.COc1ccc(-c2ccccc2)cc1.COc1ccc([Si]2(F)CCC2)cc1.IC1=CC=[C+]C=C1.c1ccc(-c2ccccc2)cc1. The highest BCUT2D eigenvalue weighted by molar-refractivity contribution is 14.1. The average molecular weight is 952 g/mol. The van der Waals surface area contributed by atoms with Crippen LogP contribution in [0, 0.1) is 6.08 Å². The summed E-state index contributed by atoms with van der Waals surface area (Å²) in [5, 5.41) is 0.930. The summed E-state index contributed by atoms with van der Waals surface area (Å²) in [7, 11) is 4.18. The van der Waals surface area contributed by atoms with Gasteiger partial charge in [-0.15, -0.1) is 0 Å². The molecule has 1 aliphatic carbocycles. The molecule has 7 heteroatoms. The van der Waals surface area contributed by atoms with E-state index in [0.717, 1.165) is 46.7 Å². The highest BCUT2D eigenvalue weighted by Gasteiger charge is 2.42. The van der Waals surface area contributed by atoms with Crippen molar-refractivity contribution in [1.29, 1.82) is 0 Å². The van der Waals surface area contributed by atoms with Crippen molar-refractivity contribution in [3.05, 3.63) is 222 Å². The Bertz CT molecular complexity index is 2320. The lowest BCUT2D eigenvalue weighted by atomic mass is 10.1. The van der Waals surface area contributed by atoms with Crippen molar-refractivity contribution in [2.45, 2.75) is 18.5 Å². The summed E-state index contributed by atoms with van der Waals surface area (Å²) in [5.41, 5.74) is 7.34. The third-order valence-electron chi connectivity index (χ3n) is 10.0. The van der Waals surface area contributed by atoms with Crippen molar-refractivity contribution >= 4 is 36.2 Å². The zero-order valence-electron chi connectivity index (χ0n) is 35.7. The van der Waals surface area contributed by atoms with Crippen LogP contribution in [0.15, 0.2) is 216 Å². The van der Waals surface area contributed by atoms with Crippen LogP contribution in [0.25, 0.3) is 33.4 Å². The Morgan fingerprint density at radius 1 is 0.435 bits per heavy atom. The molecule has 9 rings (SSSR count). The van der Waals surface area contributed by atoms with Gasteiger partial charge in [-0.1, -0.05) is 146 Å². The maximum atomic E-state index is 14.0. The van der Waals surface area contributed by atoms with E-state index < -0.39 is 8.41 Å². The molecule has 0 unspecified atom stereocenters. The molecule has 1 heterocycles. The van der Waals surface area contributed by atoms with Gasteiger partial charge in [-0.25, -0.2) is 0 Å². The zero-order chi connectivity index (χ0) is 43.8. The van der Waals surface area contributed by atoms with Crippen LogP contribution in [0.2, 0.25) is 12.1 Å². The van der Waals surface area contributed by atoms with Crippen molar-refractivity contribution in [3.8, 4) is 56.4 Å². The van der Waals surface area contributed by atoms with E-state index in [4.69, 9.17) is 18.9 Å². The molecule has 4 nitrogen and oxygen atoms in total. The molecule has 0 saturated carbocycles. The predicted molar refractivity (Wildman–Crippen MR) is 268 cm³/mol. The van der Waals surface area contributed by atoms with E-state index in [9.17, 15) is 4.11 Å². The molecule has 1 fully saturated rings. The van der Waals surface area contributed by atoms with Gasteiger partial charge in [0.15, 0.2) is 0 Å². The number of allylic oxidation sites excluding steroid dienone is 6. The molecule has 7 aromatic carbocycles. The summed E-state index contributed by atoms with van der Waals surface area (Å²) >= 11 is 2.26. The van der Waals surface area contributed by atoms with E-state index in [1.807, 2.05) is 140 Å². The van der Waals surface area contributed by atoms with Crippen LogP contribution in [0.3, 0.4) is 0 Å². The second kappa shape index (κ2) is 25.5. The van der Waals surface area contributed by atoms with Gasteiger partial charge in [0.05, 0.1) is 40.6 Å². The molecule has 314 valence electrons.